The number of allylic oxidation sites excluding steroid dienone is 7. The molecule has 0 aromatic carbocycles. The lowest BCUT2D eigenvalue weighted by Crippen LogP contribution is -2.46. The van der Waals surface area contributed by atoms with Crippen molar-refractivity contribution in [3.8, 4) is 0 Å². The number of hydrogen-bond acceptors (Lipinski definition) is 7. The van der Waals surface area contributed by atoms with E-state index >= 15 is 0 Å². The van der Waals surface area contributed by atoms with Crippen LogP contribution in [0.2, 0.25) is 0 Å². The number of nitrogens with one attached hydrogen (secondary N) is 1. The Morgan fingerprint density at radius 3 is 1.87 bits per heavy atom. The molecule has 0 aromatic heterocycles. The third-order valence-electron chi connectivity index (χ3n) is 7.16. The number of carbonyl (C=O) groups excluding carboxylic acids is 1. The summed E-state index contributed by atoms with van der Waals surface area (Å²) >= 11 is 0. The standard InChI is InChI=1S/C35H65N2O7P/c1-3-5-7-9-11-13-14-15-16-17-19-21-23-25-27-34(39)33(31-44-45(41,42)43-29-28-36)37-35(40)30-32(38)26-24-22-20-18-12-10-8-6-4-2/h10,12-14,17,19,25,27,32-34,38-39H,3-9,11,15-16,18,20-24,26,28-31,36H2,1-2H3,(H,37,40)(H,41,42)/b12-10-,14-13+,19-17+,27-25+. The second-order valence-electron chi connectivity index (χ2n) is 11.5. The summed E-state index contributed by atoms with van der Waals surface area (Å²) in [6.45, 7) is 3.81. The lowest BCUT2D eigenvalue weighted by atomic mass is 10.1. The number of phosphoric ester groups is 1. The van der Waals surface area contributed by atoms with Crippen molar-refractivity contribution in [3.63, 3.8) is 0 Å². The van der Waals surface area contributed by atoms with Gasteiger partial charge in [0.1, 0.15) is 0 Å². The summed E-state index contributed by atoms with van der Waals surface area (Å²) in [4.78, 5) is 22.5. The van der Waals surface area contributed by atoms with E-state index in [1.54, 1.807) is 6.08 Å². The summed E-state index contributed by atoms with van der Waals surface area (Å²) in [5, 5.41) is 23.7. The molecule has 10 heteroatoms. The summed E-state index contributed by atoms with van der Waals surface area (Å²) in [6, 6.07) is -1.01. The van der Waals surface area contributed by atoms with Crippen molar-refractivity contribution in [2.45, 2.75) is 148 Å². The number of aliphatic hydroxyl groups is 2. The molecule has 0 radical (unpaired) electrons. The van der Waals surface area contributed by atoms with Crippen LogP contribution in [0.3, 0.4) is 0 Å². The average Bonchev–Trinajstić information content (AvgIpc) is 3.01. The normalized spacial score (nSPS) is 15.8. The van der Waals surface area contributed by atoms with E-state index in [2.05, 4.69) is 55.6 Å². The molecular formula is C35H65N2O7P. The Morgan fingerprint density at radius 1 is 0.756 bits per heavy atom. The predicted octanol–water partition coefficient (Wildman–Crippen LogP) is 7.57. The molecule has 262 valence electrons. The molecule has 45 heavy (non-hydrogen) atoms. The Morgan fingerprint density at radius 2 is 1.29 bits per heavy atom. The zero-order chi connectivity index (χ0) is 33.4. The fourth-order valence-corrected chi connectivity index (χ4v) is 5.24. The summed E-state index contributed by atoms with van der Waals surface area (Å²) in [7, 11) is -4.40. The number of nitrogens with two attached hydrogens (primary N) is 1. The SMILES string of the molecule is CCCC/C=C\CCCCCC(O)CC(=O)NC(COP(=O)(O)OCCN)C(O)/C=C/CC/C=C/CC/C=C/CCCCCC. The van der Waals surface area contributed by atoms with Crippen LogP contribution in [0.25, 0.3) is 0 Å². The maximum Gasteiger partial charge on any atom is 0.472 e. The molecule has 0 fully saturated rings. The van der Waals surface area contributed by atoms with Gasteiger partial charge in [0.25, 0.3) is 0 Å². The topological polar surface area (TPSA) is 151 Å². The zero-order valence-electron chi connectivity index (χ0n) is 28.2. The number of phosphoric acid groups is 1. The van der Waals surface area contributed by atoms with Crippen molar-refractivity contribution >= 4 is 13.7 Å². The summed E-state index contributed by atoms with van der Waals surface area (Å²) in [5.74, 6) is -0.476. The number of unbranched alkanes of at least 4 members (excludes halogenated alkanes) is 11. The Hall–Kier alpha value is -1.58. The monoisotopic (exact) mass is 656 g/mol. The molecule has 0 aromatic rings. The molecular weight excluding hydrogens is 591 g/mol. The van der Waals surface area contributed by atoms with E-state index in [1.807, 2.05) is 6.08 Å². The highest BCUT2D eigenvalue weighted by molar-refractivity contribution is 7.47. The molecule has 0 aliphatic heterocycles. The third kappa shape index (κ3) is 29.6. The van der Waals surface area contributed by atoms with Crippen LogP contribution in [0.5, 0.6) is 0 Å². The number of amides is 1. The minimum atomic E-state index is -4.40. The van der Waals surface area contributed by atoms with Crippen molar-refractivity contribution in [2.75, 3.05) is 19.8 Å². The van der Waals surface area contributed by atoms with Crippen LogP contribution in [0.15, 0.2) is 48.6 Å². The van der Waals surface area contributed by atoms with E-state index in [0.29, 0.717) is 12.8 Å². The quantitative estimate of drug-likeness (QED) is 0.0291. The minimum Gasteiger partial charge on any atom is -0.393 e. The highest BCUT2D eigenvalue weighted by Gasteiger charge is 2.27. The van der Waals surface area contributed by atoms with Crippen LogP contribution >= 0.6 is 7.82 Å². The fraction of sp³-hybridized carbons (Fsp3) is 0.743. The van der Waals surface area contributed by atoms with Gasteiger partial charge in [0.2, 0.25) is 5.91 Å². The molecule has 1 amide bonds. The van der Waals surface area contributed by atoms with Gasteiger partial charge >= 0.3 is 7.82 Å². The average molecular weight is 657 g/mol. The Labute approximate surface area is 274 Å². The molecule has 0 heterocycles. The largest absolute Gasteiger partial charge is 0.472 e. The molecule has 6 N–H and O–H groups in total. The molecule has 9 nitrogen and oxygen atoms in total. The zero-order valence-corrected chi connectivity index (χ0v) is 29.1. The number of aliphatic hydroxyl groups excluding tert-OH is 2. The Balaban J connectivity index is 4.64. The van der Waals surface area contributed by atoms with E-state index in [-0.39, 0.29) is 19.6 Å². The van der Waals surface area contributed by atoms with Crippen LogP contribution in [0, 0.1) is 0 Å². The van der Waals surface area contributed by atoms with Gasteiger partial charge in [-0.25, -0.2) is 4.57 Å². The molecule has 4 unspecified atom stereocenters. The highest BCUT2D eigenvalue weighted by Crippen LogP contribution is 2.43. The van der Waals surface area contributed by atoms with Gasteiger partial charge in [0.15, 0.2) is 0 Å². The fourth-order valence-electron chi connectivity index (χ4n) is 4.48. The molecule has 0 aliphatic rings. The Bertz CT molecular complexity index is 863. The molecule has 0 rings (SSSR count). The van der Waals surface area contributed by atoms with Crippen LogP contribution in [-0.4, -0.2) is 59.0 Å². The van der Waals surface area contributed by atoms with Crippen LogP contribution in [-0.2, 0) is 18.4 Å². The van der Waals surface area contributed by atoms with Crippen LogP contribution < -0.4 is 11.1 Å². The first-order valence-electron chi connectivity index (χ1n) is 17.3. The lowest BCUT2D eigenvalue weighted by Gasteiger charge is -2.24. The molecule has 0 aliphatic carbocycles. The van der Waals surface area contributed by atoms with Gasteiger partial charge in [-0.3, -0.25) is 13.8 Å². The second kappa shape index (κ2) is 31.0. The Kier molecular flexibility index (Phi) is 30.0. The molecule has 0 saturated carbocycles. The summed E-state index contributed by atoms with van der Waals surface area (Å²) in [6.07, 6.45) is 32.1. The van der Waals surface area contributed by atoms with Crippen molar-refractivity contribution in [1.82, 2.24) is 5.32 Å². The van der Waals surface area contributed by atoms with Gasteiger partial charge in [-0.2, -0.15) is 0 Å². The smallest absolute Gasteiger partial charge is 0.393 e. The maximum atomic E-state index is 12.7. The van der Waals surface area contributed by atoms with Crippen molar-refractivity contribution in [2.24, 2.45) is 5.73 Å². The van der Waals surface area contributed by atoms with Gasteiger partial charge in [-0.05, 0) is 64.2 Å². The number of carbonyl (C=O) groups is 1. The van der Waals surface area contributed by atoms with Crippen molar-refractivity contribution < 1.29 is 33.5 Å². The lowest BCUT2D eigenvalue weighted by molar-refractivity contribution is -0.124. The number of hydrogen-bond donors (Lipinski definition) is 5. The van der Waals surface area contributed by atoms with Crippen molar-refractivity contribution in [3.05, 3.63) is 48.6 Å². The highest BCUT2D eigenvalue weighted by atomic mass is 31.2. The van der Waals surface area contributed by atoms with Gasteiger partial charge in [-0.15, -0.1) is 0 Å². The van der Waals surface area contributed by atoms with Gasteiger partial charge in [0.05, 0.1) is 37.9 Å². The summed E-state index contributed by atoms with van der Waals surface area (Å²) in [5.41, 5.74) is 5.32. The molecule has 0 saturated heterocycles. The van der Waals surface area contributed by atoms with Crippen molar-refractivity contribution in [1.29, 1.82) is 0 Å². The third-order valence-corrected chi connectivity index (χ3v) is 8.14. The van der Waals surface area contributed by atoms with Crippen LogP contribution in [0.1, 0.15) is 129 Å². The first-order chi connectivity index (χ1) is 21.8. The molecule has 4 atom stereocenters. The van der Waals surface area contributed by atoms with E-state index in [9.17, 15) is 24.5 Å². The van der Waals surface area contributed by atoms with Gasteiger partial charge in [-0.1, -0.05) is 107 Å². The van der Waals surface area contributed by atoms with Gasteiger partial charge in [0, 0.05) is 6.54 Å². The van der Waals surface area contributed by atoms with Crippen LogP contribution in [0.4, 0.5) is 0 Å². The summed E-state index contributed by atoms with van der Waals surface area (Å²) < 4.78 is 21.9. The first-order valence-corrected chi connectivity index (χ1v) is 18.8. The second-order valence-corrected chi connectivity index (χ2v) is 13.0. The van der Waals surface area contributed by atoms with E-state index in [0.717, 1.165) is 57.8 Å². The van der Waals surface area contributed by atoms with E-state index in [1.165, 1.54) is 38.5 Å². The minimum absolute atomic E-state index is 0.0389. The van der Waals surface area contributed by atoms with E-state index in [4.69, 9.17) is 14.8 Å². The number of rotatable bonds is 31. The maximum absolute atomic E-state index is 12.7. The predicted molar refractivity (Wildman–Crippen MR) is 186 cm³/mol. The molecule has 0 bridgehead atoms. The van der Waals surface area contributed by atoms with E-state index < -0.39 is 38.6 Å². The first kappa shape index (κ1) is 43.4. The van der Waals surface area contributed by atoms with Gasteiger partial charge < -0.3 is 26.2 Å². The molecule has 0 spiro atoms.